The molecule has 0 radical (unpaired) electrons. The van der Waals surface area contributed by atoms with Gasteiger partial charge in [-0.05, 0) is 19.1 Å². The van der Waals surface area contributed by atoms with Gasteiger partial charge < -0.3 is 4.74 Å². The Morgan fingerprint density at radius 2 is 1.87 bits per heavy atom. The van der Waals surface area contributed by atoms with E-state index in [1.807, 2.05) is 5.02 Å². The molecule has 0 fully saturated rings. The monoisotopic (exact) mass is 224 g/mol. The Balaban J connectivity index is 2.87. The molecule has 1 aromatic rings. The molecule has 0 aliphatic heterocycles. The molecule has 0 aliphatic carbocycles. The highest BCUT2D eigenvalue weighted by molar-refractivity contribution is 7.71. The van der Waals surface area contributed by atoms with Gasteiger partial charge in [0.1, 0.15) is 5.75 Å². The summed E-state index contributed by atoms with van der Waals surface area (Å²) in [6.07, 6.45) is 0. The highest BCUT2D eigenvalue weighted by Gasteiger charge is 2.06. The number of carbonyl (C=O) groups is 1. The molecule has 4 nitrogen and oxygen atoms in total. The van der Waals surface area contributed by atoms with E-state index in [2.05, 4.69) is 0 Å². The molecular formula is C10H8O4S. The van der Waals surface area contributed by atoms with Crippen LogP contribution in [0.15, 0.2) is 35.9 Å². The summed E-state index contributed by atoms with van der Waals surface area (Å²) in [6.45, 7) is 1.32. The van der Waals surface area contributed by atoms with Crippen molar-refractivity contribution in [2.45, 2.75) is 6.92 Å². The molecule has 0 N–H and O–H groups in total. The molecule has 0 bridgehead atoms. The maximum Gasteiger partial charge on any atom is 0.348 e. The van der Waals surface area contributed by atoms with Gasteiger partial charge in [-0.3, -0.25) is 0 Å². The zero-order chi connectivity index (χ0) is 11.3. The lowest BCUT2D eigenvalue weighted by atomic mass is 10.3. The third-order valence-electron chi connectivity index (χ3n) is 1.50. The Kier molecular flexibility index (Phi) is 3.85. The van der Waals surface area contributed by atoms with Crippen molar-refractivity contribution in [3.8, 4) is 5.75 Å². The van der Waals surface area contributed by atoms with Gasteiger partial charge >= 0.3 is 5.97 Å². The Hall–Kier alpha value is -1.84. The summed E-state index contributed by atoms with van der Waals surface area (Å²) in [6, 6.07) is 8.38. The van der Waals surface area contributed by atoms with Crippen LogP contribution in [0.5, 0.6) is 5.75 Å². The number of hydrogen-bond donors (Lipinski definition) is 0. The lowest BCUT2D eigenvalue weighted by Gasteiger charge is -2.01. The Bertz CT molecular complexity index is 514. The molecule has 78 valence electrons. The smallest absolute Gasteiger partial charge is 0.348 e. The molecule has 0 unspecified atom stereocenters. The average Bonchev–Trinajstić information content (AvgIpc) is 2.18. The molecule has 1 aromatic carbocycles. The quantitative estimate of drug-likeness (QED) is 0.323. The second kappa shape index (κ2) is 5.14. The van der Waals surface area contributed by atoms with Crippen LogP contribution in [0.4, 0.5) is 0 Å². The third-order valence-corrected chi connectivity index (χ3v) is 1.97. The minimum absolute atomic E-state index is 0.0906. The van der Waals surface area contributed by atoms with Crippen molar-refractivity contribution in [1.29, 1.82) is 0 Å². The minimum atomic E-state index is -2.51. The van der Waals surface area contributed by atoms with Crippen LogP contribution >= 0.6 is 0 Å². The van der Waals surface area contributed by atoms with E-state index in [1.54, 1.807) is 30.3 Å². The molecule has 1 rings (SSSR count). The lowest BCUT2D eigenvalue weighted by Crippen LogP contribution is -2.09. The van der Waals surface area contributed by atoms with E-state index in [-0.39, 0.29) is 5.57 Å². The predicted molar refractivity (Wildman–Crippen MR) is 55.2 cm³/mol. The Morgan fingerprint density at radius 3 is 2.40 bits per heavy atom. The zero-order valence-corrected chi connectivity index (χ0v) is 8.74. The molecule has 0 aliphatic rings. The summed E-state index contributed by atoms with van der Waals surface area (Å²) in [5.41, 5.74) is -0.0906. The van der Waals surface area contributed by atoms with Crippen LogP contribution < -0.4 is 4.74 Å². The highest BCUT2D eigenvalue weighted by atomic mass is 32.2. The molecule has 5 heteroatoms. The van der Waals surface area contributed by atoms with Crippen LogP contribution in [-0.4, -0.2) is 19.4 Å². The number of benzene rings is 1. The van der Waals surface area contributed by atoms with Gasteiger partial charge in [-0.15, -0.1) is 0 Å². The average molecular weight is 224 g/mol. The number of carbonyl (C=O) groups excluding carboxylic acids is 1. The summed E-state index contributed by atoms with van der Waals surface area (Å²) < 4.78 is 25.3. The zero-order valence-electron chi connectivity index (χ0n) is 7.93. The first-order chi connectivity index (χ1) is 7.09. The number of ether oxygens (including phenoxy) is 1. The van der Waals surface area contributed by atoms with E-state index in [1.165, 1.54) is 6.92 Å². The van der Waals surface area contributed by atoms with Crippen molar-refractivity contribution in [2.24, 2.45) is 0 Å². The van der Waals surface area contributed by atoms with E-state index in [0.29, 0.717) is 5.75 Å². The molecule has 15 heavy (non-hydrogen) atoms. The normalized spacial score (nSPS) is 8.87. The summed E-state index contributed by atoms with van der Waals surface area (Å²) in [4.78, 5) is 11.3. The van der Waals surface area contributed by atoms with Crippen molar-refractivity contribution in [1.82, 2.24) is 0 Å². The first-order valence-electron chi connectivity index (χ1n) is 4.06. The van der Waals surface area contributed by atoms with E-state index in [0.717, 1.165) is 0 Å². The predicted octanol–water partition coefficient (Wildman–Crippen LogP) is 0.819. The second-order valence-corrected chi connectivity index (χ2v) is 3.34. The second-order valence-electron chi connectivity index (χ2n) is 2.66. The fourth-order valence-corrected chi connectivity index (χ4v) is 1.17. The summed E-state index contributed by atoms with van der Waals surface area (Å²) in [7, 11) is -2.51. The van der Waals surface area contributed by atoms with E-state index in [9.17, 15) is 13.2 Å². The van der Waals surface area contributed by atoms with Crippen molar-refractivity contribution in [3.05, 3.63) is 35.9 Å². The summed E-state index contributed by atoms with van der Waals surface area (Å²) in [5, 5.41) is 1.92. The third kappa shape index (κ3) is 3.81. The molecular weight excluding hydrogens is 216 g/mol. The van der Waals surface area contributed by atoms with Crippen LogP contribution in [-0.2, 0) is 15.1 Å². The van der Waals surface area contributed by atoms with E-state index in [4.69, 9.17) is 4.74 Å². The van der Waals surface area contributed by atoms with Crippen LogP contribution in [0, 0.1) is 0 Å². The number of esters is 1. The first-order valence-corrected chi connectivity index (χ1v) is 5.14. The van der Waals surface area contributed by atoms with Crippen molar-refractivity contribution < 1.29 is 17.9 Å². The number of rotatable bonds is 2. The Labute approximate surface area is 88.3 Å². The van der Waals surface area contributed by atoms with E-state index >= 15 is 0 Å². The van der Waals surface area contributed by atoms with Gasteiger partial charge in [0.2, 0.25) is 0 Å². The van der Waals surface area contributed by atoms with Crippen LogP contribution in [0.3, 0.4) is 0 Å². The molecule has 0 spiro atoms. The van der Waals surface area contributed by atoms with Crippen LogP contribution in [0.1, 0.15) is 6.92 Å². The molecule has 0 atom stereocenters. The van der Waals surface area contributed by atoms with Gasteiger partial charge in [0.05, 0.1) is 5.57 Å². The molecule has 0 amide bonds. The van der Waals surface area contributed by atoms with Crippen LogP contribution in [0.2, 0.25) is 0 Å². The van der Waals surface area contributed by atoms with Crippen molar-refractivity contribution in [2.75, 3.05) is 0 Å². The maximum absolute atomic E-state index is 11.3. The first kappa shape index (κ1) is 11.2. The molecule has 0 saturated heterocycles. The van der Waals surface area contributed by atoms with Crippen LogP contribution in [0.25, 0.3) is 0 Å². The fourth-order valence-electron chi connectivity index (χ4n) is 0.839. The van der Waals surface area contributed by atoms with Gasteiger partial charge in [-0.2, -0.15) is 8.42 Å². The standard InChI is InChI=1S/C10H8O4S/c1-8(7-15(12)13)10(11)14-9-5-3-2-4-6-9/h2-6H,1H3. The van der Waals surface area contributed by atoms with Gasteiger partial charge in [0.15, 0.2) is 0 Å². The molecule has 0 saturated carbocycles. The topological polar surface area (TPSA) is 60.4 Å². The maximum atomic E-state index is 11.3. The minimum Gasteiger partial charge on any atom is -0.423 e. The highest BCUT2D eigenvalue weighted by Crippen LogP contribution is 2.09. The largest absolute Gasteiger partial charge is 0.423 e. The van der Waals surface area contributed by atoms with Crippen molar-refractivity contribution in [3.63, 3.8) is 0 Å². The fraction of sp³-hybridized carbons (Fsp3) is 0.100. The van der Waals surface area contributed by atoms with E-state index < -0.39 is 16.3 Å². The lowest BCUT2D eigenvalue weighted by molar-refractivity contribution is -0.129. The summed E-state index contributed by atoms with van der Waals surface area (Å²) in [5.74, 6) is -0.370. The molecule has 0 aromatic heterocycles. The molecule has 0 heterocycles. The summed E-state index contributed by atoms with van der Waals surface area (Å²) >= 11 is 0. The Morgan fingerprint density at radius 1 is 1.27 bits per heavy atom. The van der Waals surface area contributed by atoms with Gasteiger partial charge in [-0.25, -0.2) is 4.79 Å². The van der Waals surface area contributed by atoms with Gasteiger partial charge in [-0.1, -0.05) is 18.2 Å². The van der Waals surface area contributed by atoms with Crippen molar-refractivity contribution >= 4 is 21.3 Å². The number of para-hydroxylation sites is 1. The number of hydrogen-bond acceptors (Lipinski definition) is 4. The van der Waals surface area contributed by atoms with Gasteiger partial charge in [0.25, 0.3) is 10.3 Å². The van der Waals surface area contributed by atoms with Gasteiger partial charge in [0, 0.05) is 5.02 Å². The SMILES string of the molecule is CC(=C=S(=O)=O)C(=O)Oc1ccccc1.